The van der Waals surface area contributed by atoms with Gasteiger partial charge in [0, 0.05) is 10.9 Å². The van der Waals surface area contributed by atoms with Crippen LogP contribution in [0.25, 0.3) is 22.6 Å². The fourth-order valence-corrected chi connectivity index (χ4v) is 2.01. The first-order valence-corrected chi connectivity index (χ1v) is 5.69. The summed E-state index contributed by atoms with van der Waals surface area (Å²) in [5.41, 5.74) is 8.47. The standard InChI is InChI=1S/C10H8N6S/c11-9(12)5-1-2-6-7(3-5)14-10(13-6)8-4-17-16-15-8/h1-4H,(H3,11,12)(H,13,14). The average molecular weight is 244 g/mol. The third kappa shape index (κ3) is 1.66. The number of nitrogens with one attached hydrogen (secondary N) is 2. The Bertz CT molecular complexity index is 684. The Hall–Kier alpha value is -2.28. The van der Waals surface area contributed by atoms with E-state index in [0.717, 1.165) is 16.7 Å². The van der Waals surface area contributed by atoms with E-state index in [9.17, 15) is 0 Å². The van der Waals surface area contributed by atoms with Crippen LogP contribution in [0.5, 0.6) is 0 Å². The molecule has 17 heavy (non-hydrogen) atoms. The van der Waals surface area contributed by atoms with Crippen molar-refractivity contribution in [1.82, 2.24) is 19.6 Å². The lowest BCUT2D eigenvalue weighted by atomic mass is 10.2. The van der Waals surface area contributed by atoms with Crippen LogP contribution in [0.15, 0.2) is 23.6 Å². The molecular formula is C10H8N6S. The molecule has 2 heterocycles. The summed E-state index contributed by atoms with van der Waals surface area (Å²) < 4.78 is 3.79. The summed E-state index contributed by atoms with van der Waals surface area (Å²) in [7, 11) is 0. The molecule has 0 aliphatic carbocycles. The second-order valence-corrected chi connectivity index (χ2v) is 4.13. The first-order chi connectivity index (χ1) is 8.24. The van der Waals surface area contributed by atoms with Crippen molar-refractivity contribution in [3.05, 3.63) is 29.1 Å². The fraction of sp³-hybridized carbons (Fsp3) is 0. The average Bonchev–Trinajstić information content (AvgIpc) is 2.96. The molecule has 6 nitrogen and oxygen atoms in total. The number of aromatic nitrogens is 4. The Morgan fingerprint density at radius 2 is 2.29 bits per heavy atom. The molecule has 0 atom stereocenters. The highest BCUT2D eigenvalue weighted by molar-refractivity contribution is 7.03. The van der Waals surface area contributed by atoms with Gasteiger partial charge in [0.05, 0.1) is 11.0 Å². The maximum Gasteiger partial charge on any atom is 0.160 e. The van der Waals surface area contributed by atoms with Crippen molar-refractivity contribution >= 4 is 28.4 Å². The third-order valence-electron chi connectivity index (χ3n) is 2.40. The smallest absolute Gasteiger partial charge is 0.160 e. The maximum atomic E-state index is 7.38. The molecule has 0 spiro atoms. The minimum absolute atomic E-state index is 0.0402. The van der Waals surface area contributed by atoms with E-state index in [0.29, 0.717) is 11.4 Å². The molecule has 0 bridgehead atoms. The van der Waals surface area contributed by atoms with Gasteiger partial charge in [0.25, 0.3) is 0 Å². The van der Waals surface area contributed by atoms with Crippen LogP contribution in [0, 0.1) is 5.41 Å². The van der Waals surface area contributed by atoms with Gasteiger partial charge < -0.3 is 10.7 Å². The van der Waals surface area contributed by atoms with Crippen molar-refractivity contribution in [1.29, 1.82) is 5.41 Å². The minimum atomic E-state index is 0.0402. The lowest BCUT2D eigenvalue weighted by molar-refractivity contribution is 1.13. The predicted molar refractivity (Wildman–Crippen MR) is 66.0 cm³/mol. The highest BCUT2D eigenvalue weighted by atomic mass is 32.1. The zero-order chi connectivity index (χ0) is 11.8. The summed E-state index contributed by atoms with van der Waals surface area (Å²) in [6.45, 7) is 0. The molecule has 0 saturated carbocycles. The van der Waals surface area contributed by atoms with Crippen LogP contribution in [0.3, 0.4) is 0 Å². The van der Waals surface area contributed by atoms with E-state index in [4.69, 9.17) is 11.1 Å². The summed E-state index contributed by atoms with van der Waals surface area (Å²) >= 11 is 1.28. The van der Waals surface area contributed by atoms with Crippen molar-refractivity contribution in [2.75, 3.05) is 0 Å². The lowest BCUT2D eigenvalue weighted by Crippen LogP contribution is -2.10. The number of aromatic amines is 1. The van der Waals surface area contributed by atoms with Crippen molar-refractivity contribution in [3.63, 3.8) is 0 Å². The largest absolute Gasteiger partial charge is 0.384 e. The van der Waals surface area contributed by atoms with E-state index < -0.39 is 0 Å². The molecule has 3 aromatic rings. The Kier molecular flexibility index (Phi) is 2.12. The Morgan fingerprint density at radius 1 is 1.41 bits per heavy atom. The molecule has 84 valence electrons. The van der Waals surface area contributed by atoms with Crippen LogP contribution < -0.4 is 5.73 Å². The maximum absolute atomic E-state index is 7.38. The number of amidine groups is 1. The highest BCUT2D eigenvalue weighted by Gasteiger charge is 2.08. The van der Waals surface area contributed by atoms with Gasteiger partial charge in [-0.15, -0.1) is 5.10 Å². The van der Waals surface area contributed by atoms with Gasteiger partial charge in [-0.05, 0) is 29.7 Å². The molecule has 0 amide bonds. The first kappa shape index (κ1) is 9.91. The van der Waals surface area contributed by atoms with Crippen LogP contribution in [0.4, 0.5) is 0 Å². The van der Waals surface area contributed by atoms with E-state index >= 15 is 0 Å². The van der Waals surface area contributed by atoms with Crippen LogP contribution in [0.1, 0.15) is 5.56 Å². The molecule has 0 aliphatic rings. The van der Waals surface area contributed by atoms with Gasteiger partial charge in [0.2, 0.25) is 0 Å². The Labute approximate surface area is 100 Å². The topological polar surface area (TPSA) is 104 Å². The zero-order valence-corrected chi connectivity index (χ0v) is 9.45. The monoisotopic (exact) mass is 244 g/mol. The van der Waals surface area contributed by atoms with E-state index in [2.05, 4.69) is 19.6 Å². The van der Waals surface area contributed by atoms with E-state index in [-0.39, 0.29) is 5.84 Å². The van der Waals surface area contributed by atoms with Gasteiger partial charge in [0.1, 0.15) is 11.5 Å². The second kappa shape index (κ2) is 3.63. The number of nitrogens with zero attached hydrogens (tertiary/aromatic N) is 3. The highest BCUT2D eigenvalue weighted by Crippen LogP contribution is 2.20. The molecule has 0 aliphatic heterocycles. The van der Waals surface area contributed by atoms with Gasteiger partial charge in [-0.3, -0.25) is 5.41 Å². The number of rotatable bonds is 2. The van der Waals surface area contributed by atoms with Gasteiger partial charge in [-0.25, -0.2) is 4.98 Å². The summed E-state index contributed by atoms with van der Waals surface area (Å²) in [6.07, 6.45) is 0. The van der Waals surface area contributed by atoms with E-state index in [1.165, 1.54) is 11.5 Å². The van der Waals surface area contributed by atoms with Gasteiger partial charge in [-0.1, -0.05) is 4.49 Å². The lowest BCUT2D eigenvalue weighted by Gasteiger charge is -1.96. The van der Waals surface area contributed by atoms with Crippen molar-refractivity contribution in [3.8, 4) is 11.5 Å². The fourth-order valence-electron chi connectivity index (χ4n) is 1.57. The zero-order valence-electron chi connectivity index (χ0n) is 8.64. The number of imidazole rings is 1. The second-order valence-electron chi connectivity index (χ2n) is 3.52. The predicted octanol–water partition coefficient (Wildman–Crippen LogP) is 1.37. The van der Waals surface area contributed by atoms with E-state index in [1.54, 1.807) is 12.1 Å². The van der Waals surface area contributed by atoms with Gasteiger partial charge in [-0.2, -0.15) is 0 Å². The third-order valence-corrected chi connectivity index (χ3v) is 2.90. The first-order valence-electron chi connectivity index (χ1n) is 4.85. The molecule has 0 radical (unpaired) electrons. The van der Waals surface area contributed by atoms with Gasteiger partial charge >= 0.3 is 0 Å². The number of H-pyrrole nitrogens is 1. The molecule has 2 aromatic heterocycles. The van der Waals surface area contributed by atoms with Crippen LogP contribution in [0.2, 0.25) is 0 Å². The summed E-state index contributed by atoms with van der Waals surface area (Å²) in [5, 5.41) is 13.1. The summed E-state index contributed by atoms with van der Waals surface area (Å²) in [4.78, 5) is 7.53. The van der Waals surface area contributed by atoms with Crippen molar-refractivity contribution in [2.45, 2.75) is 0 Å². The van der Waals surface area contributed by atoms with Crippen LogP contribution in [-0.2, 0) is 0 Å². The number of hydrogen-bond acceptors (Lipinski definition) is 5. The minimum Gasteiger partial charge on any atom is -0.384 e. The Balaban J connectivity index is 2.16. The molecular weight excluding hydrogens is 236 g/mol. The number of benzene rings is 1. The quantitative estimate of drug-likeness (QED) is 0.467. The molecule has 0 fully saturated rings. The van der Waals surface area contributed by atoms with Crippen LogP contribution >= 0.6 is 11.5 Å². The van der Waals surface area contributed by atoms with E-state index in [1.807, 2.05) is 11.4 Å². The van der Waals surface area contributed by atoms with Crippen molar-refractivity contribution in [2.24, 2.45) is 5.73 Å². The molecule has 0 unspecified atom stereocenters. The number of nitrogens with two attached hydrogens (primary N) is 1. The molecule has 1 aromatic carbocycles. The molecule has 7 heteroatoms. The Morgan fingerprint density at radius 3 is 3.00 bits per heavy atom. The summed E-state index contributed by atoms with van der Waals surface area (Å²) in [5.74, 6) is 0.716. The van der Waals surface area contributed by atoms with Gasteiger partial charge in [0.15, 0.2) is 5.82 Å². The SMILES string of the molecule is N=C(N)c1ccc2nc(-c3csnn3)[nH]c2c1. The normalized spacial score (nSPS) is 10.8. The number of nitrogen functional groups attached to an aromatic ring is 1. The molecule has 4 N–H and O–H groups in total. The molecule has 0 saturated heterocycles. The molecule has 3 rings (SSSR count). The number of hydrogen-bond donors (Lipinski definition) is 3. The summed E-state index contributed by atoms with van der Waals surface area (Å²) in [6, 6.07) is 5.40. The van der Waals surface area contributed by atoms with Crippen molar-refractivity contribution < 1.29 is 0 Å². The van der Waals surface area contributed by atoms with Crippen LogP contribution in [-0.4, -0.2) is 25.4 Å². The number of fused-ring (bicyclic) bond motifs is 1.